The number of rotatable bonds is 0. The minimum atomic E-state index is -5.42. The van der Waals surface area contributed by atoms with E-state index in [2.05, 4.69) is 5.59 Å². The molecular formula is H2Cl6NOSb. The fourth-order valence-electron chi connectivity index (χ4n) is 0. The molecule has 9 heavy (non-hydrogen) atoms. The number of hydrogen-bond donors (Lipinski definition) is 1. The third-order valence-electron chi connectivity index (χ3n) is 0. The summed E-state index contributed by atoms with van der Waals surface area (Å²) in [7, 11) is 25.0. The molecule has 2 N–H and O–H groups in total. The Morgan fingerprint density at radius 1 is 0.778 bits per heavy atom. The smallest absolute Gasteiger partial charge is 0.0125 e. The van der Waals surface area contributed by atoms with Gasteiger partial charge < -0.3 is 0 Å². The van der Waals surface area contributed by atoms with Crippen molar-refractivity contribution in [2.24, 2.45) is 0 Å². The number of nitrogens with two attached hydrogens (primary N) is 1. The van der Waals surface area contributed by atoms with Crippen molar-refractivity contribution in [1.29, 1.82) is 0 Å². The van der Waals surface area contributed by atoms with Crippen molar-refractivity contribution >= 4 is 62.1 Å². The predicted molar refractivity (Wildman–Crippen MR) is 46.2 cm³/mol. The van der Waals surface area contributed by atoms with Crippen LogP contribution in [0.4, 0.5) is 0 Å². The molecule has 0 radical (unpaired) electrons. The van der Waals surface area contributed by atoms with E-state index in [0.29, 0.717) is 0 Å². The second kappa shape index (κ2) is 2.89. The monoisotopic (exact) mass is 363 g/mol. The molecule has 0 unspecified atom stereocenters. The van der Waals surface area contributed by atoms with Crippen LogP contribution >= 0.6 is 53.0 Å². The van der Waals surface area contributed by atoms with E-state index in [4.69, 9.17) is 57.9 Å². The molecule has 0 atom stereocenters. The summed E-state index contributed by atoms with van der Waals surface area (Å²) in [6.45, 7) is 0. The first kappa shape index (κ1) is 13.7. The van der Waals surface area contributed by atoms with Gasteiger partial charge in [-0.05, 0) is 5.59 Å². The van der Waals surface area contributed by atoms with E-state index in [1.807, 2.05) is 0 Å². The van der Waals surface area contributed by atoms with E-state index < -0.39 is 9.14 Å². The third-order valence-corrected chi connectivity index (χ3v) is 0. The normalized spacial score (nSPS) is 18.4. The van der Waals surface area contributed by atoms with E-state index in [9.17, 15) is 0 Å². The fourth-order valence-corrected chi connectivity index (χ4v) is 0. The van der Waals surface area contributed by atoms with Gasteiger partial charge >= 0.3 is 62.1 Å². The van der Waals surface area contributed by atoms with Gasteiger partial charge in [-0.2, -0.15) is 0 Å². The molecule has 0 aromatic rings. The summed E-state index contributed by atoms with van der Waals surface area (Å²) < 4.78 is 0. The average Bonchev–Trinajstić information content (AvgIpc) is 1.30. The Labute approximate surface area is 71.6 Å². The molecule has 9 heteroatoms. The molecule has 0 fully saturated rings. The van der Waals surface area contributed by atoms with Crippen LogP contribution in [0.5, 0.6) is 0 Å². The summed E-state index contributed by atoms with van der Waals surface area (Å²) >= 11 is 0. The molecule has 0 bridgehead atoms. The van der Waals surface area contributed by atoms with Gasteiger partial charge in [0.1, 0.15) is 0 Å². The second-order valence-corrected chi connectivity index (χ2v) is 57.9. The summed E-state index contributed by atoms with van der Waals surface area (Å²) in [5.74, 6) is 0. The number of nitroso groups, excluding NO2 is 1. The molecule has 0 saturated heterocycles. The molecule has 0 aliphatic carbocycles. The molecule has 0 spiro atoms. The fraction of sp³-hybridized carbons (Fsp3) is 0. The van der Waals surface area contributed by atoms with Gasteiger partial charge in [0.15, 0.2) is 0 Å². The van der Waals surface area contributed by atoms with Gasteiger partial charge in [0, 0.05) is 4.91 Å². The van der Waals surface area contributed by atoms with Crippen LogP contribution < -0.4 is 5.59 Å². The van der Waals surface area contributed by atoms with Crippen molar-refractivity contribution in [2.45, 2.75) is 0 Å². The number of halogens is 6. The van der Waals surface area contributed by atoms with Crippen LogP contribution in [-0.2, 0) is 0 Å². The molecule has 0 aromatic heterocycles. The van der Waals surface area contributed by atoms with Gasteiger partial charge in [-0.15, -0.1) is 0 Å². The van der Waals surface area contributed by atoms with E-state index in [-0.39, 0.29) is 0 Å². The quantitative estimate of drug-likeness (QED) is 0.657. The van der Waals surface area contributed by atoms with Crippen molar-refractivity contribution in [3.05, 3.63) is 4.91 Å². The van der Waals surface area contributed by atoms with E-state index in [1.54, 1.807) is 0 Å². The van der Waals surface area contributed by atoms with Gasteiger partial charge in [0.2, 0.25) is 0 Å². The maximum absolute atomic E-state index is 7.75. The van der Waals surface area contributed by atoms with Crippen molar-refractivity contribution in [2.75, 3.05) is 0 Å². The van der Waals surface area contributed by atoms with Crippen LogP contribution in [0.25, 0.3) is 0 Å². The van der Waals surface area contributed by atoms with Crippen LogP contribution in [0.2, 0.25) is 0 Å². The van der Waals surface area contributed by atoms with Crippen molar-refractivity contribution in [3.63, 3.8) is 0 Å². The minimum Gasteiger partial charge on any atom is -0.0327 e. The summed E-state index contributed by atoms with van der Waals surface area (Å²) in [4.78, 5) is 7.75. The maximum atomic E-state index is 7.75. The molecule has 0 aliphatic heterocycles. The molecule has 0 rings (SSSR count). The zero-order chi connectivity index (χ0) is 8.41. The molecule has 0 heterocycles. The zero-order valence-corrected chi connectivity index (χ0v) is 10.8. The Morgan fingerprint density at radius 2 is 0.778 bits per heavy atom. The summed E-state index contributed by atoms with van der Waals surface area (Å²) in [6.07, 6.45) is 0. The molecule has 0 saturated carbocycles. The molecule has 0 aliphatic rings. The first-order chi connectivity index (χ1) is 3.45. The van der Waals surface area contributed by atoms with E-state index in [0.717, 1.165) is 0 Å². The van der Waals surface area contributed by atoms with E-state index in [1.165, 1.54) is 0 Å². The molecule has 2 nitrogen and oxygen atoms in total. The topological polar surface area (TPSA) is 42.7 Å². The average molecular weight is 366 g/mol. The van der Waals surface area contributed by atoms with Gasteiger partial charge in [0.05, 0.1) is 0 Å². The van der Waals surface area contributed by atoms with Gasteiger partial charge in [-0.25, -0.2) is 0 Å². The van der Waals surface area contributed by atoms with Gasteiger partial charge in [-0.1, -0.05) is 0 Å². The van der Waals surface area contributed by atoms with Crippen LogP contribution in [0.15, 0.2) is 0 Å². The largest absolute Gasteiger partial charge is 0.0327 e. The van der Waals surface area contributed by atoms with Crippen LogP contribution in [-0.4, -0.2) is 9.14 Å². The van der Waals surface area contributed by atoms with Crippen molar-refractivity contribution < 1.29 is 5.59 Å². The van der Waals surface area contributed by atoms with Crippen LogP contribution in [0.1, 0.15) is 0 Å². The Kier molecular flexibility index (Phi) is 4.41. The van der Waals surface area contributed by atoms with Crippen LogP contribution in [0.3, 0.4) is 0 Å². The standard InChI is InChI=1S/6ClH.H2NO.Sb/c;;;;;;1-2;/h6*1H;1H2;/q;;;;;;+1;+5/p-6. The minimum absolute atomic E-state index is 3.25. The Morgan fingerprint density at radius 3 is 0.778 bits per heavy atom. The number of hydrogen-bond acceptors (Lipinski definition) is 1. The molecule has 0 aromatic carbocycles. The van der Waals surface area contributed by atoms with Gasteiger partial charge in [0.25, 0.3) is 0 Å². The Hall–Kier alpha value is 2.16. The second-order valence-electron chi connectivity index (χ2n) is 0.958. The summed E-state index contributed by atoms with van der Waals surface area (Å²) in [6, 6.07) is 0. The zero-order valence-electron chi connectivity index (χ0n) is 3.70. The Balaban J connectivity index is 0. The van der Waals surface area contributed by atoms with Gasteiger partial charge in [-0.3, -0.25) is 0 Å². The SMILES string of the molecule is [Cl][Sb-]([Cl])([Cl])([Cl])([Cl])[Cl].[NH2+]=O. The molecule has 60 valence electrons. The van der Waals surface area contributed by atoms with Crippen molar-refractivity contribution in [1.82, 2.24) is 0 Å². The summed E-state index contributed by atoms with van der Waals surface area (Å²) in [5, 5.41) is 0. The van der Waals surface area contributed by atoms with Crippen LogP contribution in [0, 0.1) is 4.91 Å². The Bertz CT molecular complexity index is 82.4. The van der Waals surface area contributed by atoms with Crippen molar-refractivity contribution in [3.8, 4) is 0 Å². The third kappa shape index (κ3) is 145. The first-order valence-corrected chi connectivity index (χ1v) is 20.6. The molecule has 0 amide bonds. The first-order valence-electron chi connectivity index (χ1n) is 1.25. The van der Waals surface area contributed by atoms with E-state index >= 15 is 0 Å². The molecular weight excluding hydrogens is 364 g/mol. The maximum Gasteiger partial charge on any atom is 0.0125 e. The predicted octanol–water partition coefficient (Wildman–Crippen LogP) is 2.27. The summed E-state index contributed by atoms with van der Waals surface area (Å²) in [5.41, 5.74) is 3.25.